The first-order valence-corrected chi connectivity index (χ1v) is 10.0. The number of halogens is 2. The van der Waals surface area contributed by atoms with E-state index in [1.165, 1.54) is 0 Å². The van der Waals surface area contributed by atoms with Gasteiger partial charge in [0.2, 0.25) is 5.91 Å². The molecule has 2 N–H and O–H groups in total. The average Bonchev–Trinajstić information content (AvgIpc) is 3.10. The van der Waals surface area contributed by atoms with E-state index in [0.717, 1.165) is 50.4 Å². The molecule has 1 heterocycles. The lowest BCUT2D eigenvalue weighted by Crippen LogP contribution is -2.44. The van der Waals surface area contributed by atoms with Crippen LogP contribution in [0.25, 0.3) is 0 Å². The predicted octanol–water partition coefficient (Wildman–Crippen LogP) is 2.60. The molecule has 0 aliphatic carbocycles. The maximum atomic E-state index is 12.2. The number of guanidine groups is 1. The molecule has 0 spiro atoms. The molecule has 1 fully saturated rings. The third-order valence-electron chi connectivity index (χ3n) is 4.69. The van der Waals surface area contributed by atoms with Gasteiger partial charge >= 0.3 is 0 Å². The van der Waals surface area contributed by atoms with Crippen LogP contribution in [0.5, 0.6) is 0 Å². The number of hydrogen-bond acceptors (Lipinski definition) is 3. The van der Waals surface area contributed by atoms with Crippen molar-refractivity contribution in [1.82, 2.24) is 20.4 Å². The van der Waals surface area contributed by atoms with Crippen molar-refractivity contribution < 1.29 is 4.79 Å². The average molecular weight is 414 g/mol. The number of aliphatic imine (C=N–C) groups is 1. The SMILES string of the molecule is CN=C(NCCCN1CCCC1C(=O)N(C)C)NCc1ccc(Cl)cc1Cl. The number of rotatable bonds is 7. The molecule has 1 saturated heterocycles. The molecule has 1 aliphatic rings. The largest absolute Gasteiger partial charge is 0.356 e. The second-order valence-electron chi connectivity index (χ2n) is 6.87. The lowest BCUT2D eigenvalue weighted by Gasteiger charge is -2.26. The zero-order chi connectivity index (χ0) is 19.8. The minimum absolute atomic E-state index is 0.0319. The fourth-order valence-corrected chi connectivity index (χ4v) is 3.70. The lowest BCUT2D eigenvalue weighted by atomic mass is 10.2. The minimum atomic E-state index is 0.0319. The molecule has 1 amide bonds. The number of nitrogens with one attached hydrogen (secondary N) is 2. The molecule has 0 aromatic heterocycles. The molecule has 1 aromatic carbocycles. The molecule has 2 rings (SSSR count). The van der Waals surface area contributed by atoms with E-state index in [4.69, 9.17) is 23.2 Å². The number of benzene rings is 1. The first-order valence-electron chi connectivity index (χ1n) is 9.26. The van der Waals surface area contributed by atoms with Gasteiger partial charge in [0.1, 0.15) is 0 Å². The number of nitrogens with zero attached hydrogens (tertiary/aromatic N) is 3. The van der Waals surface area contributed by atoms with Gasteiger partial charge in [-0.2, -0.15) is 0 Å². The molecule has 0 saturated carbocycles. The summed E-state index contributed by atoms with van der Waals surface area (Å²) in [4.78, 5) is 20.4. The van der Waals surface area contributed by atoms with E-state index in [9.17, 15) is 4.79 Å². The molecule has 1 unspecified atom stereocenters. The maximum Gasteiger partial charge on any atom is 0.239 e. The molecule has 0 bridgehead atoms. The van der Waals surface area contributed by atoms with Gasteiger partial charge in [-0.25, -0.2) is 0 Å². The Labute approximate surface area is 171 Å². The topological polar surface area (TPSA) is 60.0 Å². The van der Waals surface area contributed by atoms with Crippen LogP contribution in [0.1, 0.15) is 24.8 Å². The highest BCUT2D eigenvalue weighted by atomic mass is 35.5. The monoisotopic (exact) mass is 413 g/mol. The first-order chi connectivity index (χ1) is 12.9. The molecule has 1 aliphatic heterocycles. The van der Waals surface area contributed by atoms with Crippen molar-refractivity contribution in [2.75, 3.05) is 40.8 Å². The maximum absolute atomic E-state index is 12.2. The first kappa shape index (κ1) is 21.8. The van der Waals surface area contributed by atoms with E-state index in [-0.39, 0.29) is 11.9 Å². The number of likely N-dealkylation sites (N-methyl/N-ethyl adjacent to an activating group) is 1. The van der Waals surface area contributed by atoms with Gasteiger partial charge in [-0.15, -0.1) is 0 Å². The summed E-state index contributed by atoms with van der Waals surface area (Å²) in [7, 11) is 5.39. The molecule has 1 aromatic rings. The van der Waals surface area contributed by atoms with Crippen LogP contribution in [0.2, 0.25) is 10.0 Å². The van der Waals surface area contributed by atoms with Crippen LogP contribution in [-0.2, 0) is 11.3 Å². The van der Waals surface area contributed by atoms with Crippen molar-refractivity contribution in [1.29, 1.82) is 0 Å². The van der Waals surface area contributed by atoms with Gasteiger partial charge in [0.15, 0.2) is 5.96 Å². The van der Waals surface area contributed by atoms with E-state index < -0.39 is 0 Å². The Morgan fingerprint density at radius 3 is 2.78 bits per heavy atom. The van der Waals surface area contributed by atoms with E-state index >= 15 is 0 Å². The lowest BCUT2D eigenvalue weighted by molar-refractivity contribution is -0.133. The van der Waals surface area contributed by atoms with Crippen molar-refractivity contribution in [2.45, 2.75) is 31.8 Å². The highest BCUT2D eigenvalue weighted by molar-refractivity contribution is 6.35. The standard InChI is InChI=1S/C19H29Cl2N5O/c1-22-19(24-13-14-7-8-15(20)12-16(14)21)23-9-5-11-26-10-4-6-17(26)18(27)25(2)3/h7-8,12,17H,4-6,9-11,13H2,1-3H3,(H2,22,23,24). The van der Waals surface area contributed by atoms with E-state index in [1.54, 1.807) is 18.0 Å². The number of likely N-dealkylation sites (tertiary alicyclic amines) is 1. The van der Waals surface area contributed by atoms with Gasteiger partial charge in [-0.05, 0) is 43.5 Å². The van der Waals surface area contributed by atoms with E-state index in [2.05, 4.69) is 20.5 Å². The molecule has 6 nitrogen and oxygen atoms in total. The Morgan fingerprint density at radius 1 is 1.33 bits per heavy atom. The van der Waals surface area contributed by atoms with Gasteiger partial charge in [-0.3, -0.25) is 14.7 Å². The van der Waals surface area contributed by atoms with Crippen LogP contribution in [0.15, 0.2) is 23.2 Å². The number of carbonyl (C=O) groups excluding carboxylic acids is 1. The zero-order valence-corrected chi connectivity index (χ0v) is 17.8. The van der Waals surface area contributed by atoms with Gasteiger partial charge in [0, 0.05) is 50.8 Å². The molecule has 0 radical (unpaired) electrons. The van der Waals surface area contributed by atoms with Crippen molar-refractivity contribution in [2.24, 2.45) is 4.99 Å². The summed E-state index contributed by atoms with van der Waals surface area (Å²) >= 11 is 12.1. The molecule has 150 valence electrons. The van der Waals surface area contributed by atoms with Gasteiger partial charge < -0.3 is 15.5 Å². The molecule has 27 heavy (non-hydrogen) atoms. The third kappa shape index (κ3) is 6.55. The van der Waals surface area contributed by atoms with Crippen molar-refractivity contribution in [3.8, 4) is 0 Å². The van der Waals surface area contributed by atoms with E-state index in [1.807, 2.05) is 26.2 Å². The van der Waals surface area contributed by atoms with Crippen LogP contribution in [-0.4, -0.2) is 68.5 Å². The molecule has 1 atom stereocenters. The fraction of sp³-hybridized carbons (Fsp3) is 0.579. The Hall–Kier alpha value is -1.50. The van der Waals surface area contributed by atoms with Gasteiger partial charge in [0.05, 0.1) is 6.04 Å². The minimum Gasteiger partial charge on any atom is -0.356 e. The fourth-order valence-electron chi connectivity index (χ4n) is 3.23. The number of hydrogen-bond donors (Lipinski definition) is 2. The Bertz CT molecular complexity index is 666. The summed E-state index contributed by atoms with van der Waals surface area (Å²) in [6, 6.07) is 5.49. The van der Waals surface area contributed by atoms with Crippen LogP contribution in [0, 0.1) is 0 Å². The number of carbonyl (C=O) groups is 1. The quantitative estimate of drug-likeness (QED) is 0.409. The molecular weight excluding hydrogens is 385 g/mol. The van der Waals surface area contributed by atoms with Crippen molar-refractivity contribution in [3.05, 3.63) is 33.8 Å². The Balaban J connectivity index is 1.72. The van der Waals surface area contributed by atoms with Crippen LogP contribution in [0.4, 0.5) is 0 Å². The normalized spacial score (nSPS) is 17.8. The summed E-state index contributed by atoms with van der Waals surface area (Å²) in [6.45, 7) is 3.25. The third-order valence-corrected chi connectivity index (χ3v) is 5.28. The smallest absolute Gasteiger partial charge is 0.239 e. The zero-order valence-electron chi connectivity index (χ0n) is 16.3. The summed E-state index contributed by atoms with van der Waals surface area (Å²) in [5.41, 5.74) is 0.964. The highest BCUT2D eigenvalue weighted by Gasteiger charge is 2.30. The van der Waals surface area contributed by atoms with Crippen molar-refractivity contribution >= 4 is 35.1 Å². The van der Waals surface area contributed by atoms with Gasteiger partial charge in [-0.1, -0.05) is 29.3 Å². The summed E-state index contributed by atoms with van der Waals surface area (Å²) in [6.07, 6.45) is 2.98. The second-order valence-corrected chi connectivity index (χ2v) is 7.71. The summed E-state index contributed by atoms with van der Waals surface area (Å²) in [5.74, 6) is 0.932. The summed E-state index contributed by atoms with van der Waals surface area (Å²) in [5, 5.41) is 7.82. The number of amides is 1. The van der Waals surface area contributed by atoms with Crippen LogP contribution < -0.4 is 10.6 Å². The Kier molecular flexibility index (Phi) is 8.67. The summed E-state index contributed by atoms with van der Waals surface area (Å²) < 4.78 is 0. The van der Waals surface area contributed by atoms with Gasteiger partial charge in [0.25, 0.3) is 0 Å². The van der Waals surface area contributed by atoms with Crippen molar-refractivity contribution in [3.63, 3.8) is 0 Å². The predicted molar refractivity (Wildman–Crippen MR) is 113 cm³/mol. The Morgan fingerprint density at radius 2 is 2.11 bits per heavy atom. The molecule has 8 heteroatoms. The highest BCUT2D eigenvalue weighted by Crippen LogP contribution is 2.21. The van der Waals surface area contributed by atoms with Crippen LogP contribution >= 0.6 is 23.2 Å². The second kappa shape index (κ2) is 10.7. The van der Waals surface area contributed by atoms with E-state index in [0.29, 0.717) is 16.6 Å². The molecular formula is C19H29Cl2N5O. The van der Waals surface area contributed by atoms with Crippen LogP contribution in [0.3, 0.4) is 0 Å².